The van der Waals surface area contributed by atoms with Crippen LogP contribution in [-0.4, -0.2) is 11.9 Å². The van der Waals surface area contributed by atoms with Crippen LogP contribution in [0.1, 0.15) is 16.7 Å². The fraction of sp³-hybridized carbons (Fsp3) is 0.0435. The average molecular weight is 459 g/mol. The fourth-order valence-electron chi connectivity index (χ4n) is 2.75. The van der Waals surface area contributed by atoms with Crippen molar-refractivity contribution in [1.82, 2.24) is 0 Å². The lowest BCUT2D eigenvalue weighted by atomic mass is 10.2. The number of carbonyl (C=O) groups excluding carboxylic acids is 1. The number of nitrogens with zero attached hydrogens (tertiary/aromatic N) is 1. The van der Waals surface area contributed by atoms with Crippen molar-refractivity contribution in [2.45, 2.75) is 6.61 Å². The highest BCUT2D eigenvalue weighted by molar-refractivity contribution is 6.37. The molecule has 150 valence electrons. The second-order valence-corrected chi connectivity index (χ2v) is 7.72. The van der Waals surface area contributed by atoms with Gasteiger partial charge in [-0.1, -0.05) is 59.1 Å². The minimum Gasteiger partial charge on any atom is -0.489 e. The van der Waals surface area contributed by atoms with Gasteiger partial charge in [0.1, 0.15) is 12.4 Å². The van der Waals surface area contributed by atoms with Gasteiger partial charge in [0.15, 0.2) is 5.70 Å². The van der Waals surface area contributed by atoms with Gasteiger partial charge in [-0.15, -0.1) is 0 Å². The first-order chi connectivity index (χ1) is 14.5. The molecular weight excluding hydrogens is 445 g/mol. The van der Waals surface area contributed by atoms with Crippen molar-refractivity contribution in [3.8, 4) is 5.75 Å². The Bertz CT molecular complexity index is 1150. The van der Waals surface area contributed by atoms with E-state index in [4.69, 9.17) is 44.3 Å². The minimum absolute atomic E-state index is 0.149. The number of carbonyl (C=O) groups is 1. The van der Waals surface area contributed by atoms with Crippen LogP contribution in [0.25, 0.3) is 6.08 Å². The van der Waals surface area contributed by atoms with Gasteiger partial charge in [0.25, 0.3) is 0 Å². The van der Waals surface area contributed by atoms with Crippen LogP contribution in [0.4, 0.5) is 0 Å². The summed E-state index contributed by atoms with van der Waals surface area (Å²) in [6.07, 6.45) is 1.64. The number of benzene rings is 3. The molecule has 0 saturated carbocycles. The molecule has 0 saturated heterocycles. The fourth-order valence-corrected chi connectivity index (χ4v) is 3.37. The summed E-state index contributed by atoms with van der Waals surface area (Å²) in [5.41, 5.74) is 2.49. The van der Waals surface area contributed by atoms with E-state index in [1.54, 1.807) is 24.3 Å². The van der Waals surface area contributed by atoms with E-state index in [9.17, 15) is 4.79 Å². The van der Waals surface area contributed by atoms with Crippen molar-refractivity contribution in [3.63, 3.8) is 0 Å². The number of hydrogen-bond donors (Lipinski definition) is 0. The first-order valence-corrected chi connectivity index (χ1v) is 10.1. The van der Waals surface area contributed by atoms with Crippen molar-refractivity contribution in [2.24, 2.45) is 4.99 Å². The molecular formula is C23H14Cl3NO3. The van der Waals surface area contributed by atoms with Crippen LogP contribution in [-0.2, 0) is 16.1 Å². The standard InChI is InChI=1S/C23H14Cl3NO3/c24-16-5-1-15(2-6-16)13-29-18-8-3-14(4-9-18)11-21-23(28)30-22(27-21)19-10-7-17(25)12-20(19)26/h1-12H,13H2/b21-11-. The van der Waals surface area contributed by atoms with Crippen LogP contribution in [0.15, 0.2) is 77.4 Å². The molecule has 4 rings (SSSR count). The van der Waals surface area contributed by atoms with Gasteiger partial charge >= 0.3 is 5.97 Å². The normalized spacial score (nSPS) is 14.6. The zero-order valence-corrected chi connectivity index (χ0v) is 17.7. The number of esters is 1. The highest BCUT2D eigenvalue weighted by Crippen LogP contribution is 2.26. The maximum absolute atomic E-state index is 12.2. The lowest BCUT2D eigenvalue weighted by Gasteiger charge is -2.06. The second-order valence-electron chi connectivity index (χ2n) is 6.44. The molecule has 1 aliphatic heterocycles. The topological polar surface area (TPSA) is 47.9 Å². The van der Waals surface area contributed by atoms with E-state index in [2.05, 4.69) is 4.99 Å². The molecule has 0 fully saturated rings. The summed E-state index contributed by atoms with van der Waals surface area (Å²) in [4.78, 5) is 16.4. The predicted molar refractivity (Wildman–Crippen MR) is 119 cm³/mol. The Labute approximate surface area is 188 Å². The van der Waals surface area contributed by atoms with Crippen molar-refractivity contribution in [3.05, 3.63) is 104 Å². The molecule has 1 heterocycles. The molecule has 0 N–H and O–H groups in total. The molecule has 0 aliphatic carbocycles. The van der Waals surface area contributed by atoms with Gasteiger partial charge in [0.2, 0.25) is 5.90 Å². The smallest absolute Gasteiger partial charge is 0.363 e. The Kier molecular flexibility index (Phi) is 6.09. The average Bonchev–Trinajstić information content (AvgIpc) is 3.08. The molecule has 4 nitrogen and oxygen atoms in total. The minimum atomic E-state index is -0.543. The highest BCUT2D eigenvalue weighted by Gasteiger charge is 2.25. The number of hydrogen-bond acceptors (Lipinski definition) is 4. The maximum atomic E-state index is 12.2. The van der Waals surface area contributed by atoms with Gasteiger partial charge in [-0.3, -0.25) is 0 Å². The van der Waals surface area contributed by atoms with Gasteiger partial charge in [-0.25, -0.2) is 9.79 Å². The molecule has 0 bridgehead atoms. The summed E-state index contributed by atoms with van der Waals surface area (Å²) in [6.45, 7) is 0.430. The van der Waals surface area contributed by atoms with Crippen LogP contribution in [0, 0.1) is 0 Å². The molecule has 0 unspecified atom stereocenters. The summed E-state index contributed by atoms with van der Waals surface area (Å²) >= 11 is 18.0. The first-order valence-electron chi connectivity index (χ1n) is 8.93. The molecule has 0 spiro atoms. The van der Waals surface area contributed by atoms with Crippen molar-refractivity contribution in [2.75, 3.05) is 0 Å². The summed E-state index contributed by atoms with van der Waals surface area (Å²) in [5.74, 6) is 0.313. The molecule has 0 amide bonds. The SMILES string of the molecule is O=C1OC(c2ccc(Cl)cc2Cl)=N/C1=C\c1ccc(OCc2ccc(Cl)cc2)cc1. The third-order valence-electron chi connectivity index (χ3n) is 4.28. The van der Waals surface area contributed by atoms with Gasteiger partial charge in [0, 0.05) is 10.0 Å². The van der Waals surface area contributed by atoms with Gasteiger partial charge in [0.05, 0.1) is 10.6 Å². The van der Waals surface area contributed by atoms with Crippen LogP contribution in [0.3, 0.4) is 0 Å². The quantitative estimate of drug-likeness (QED) is 0.321. The Morgan fingerprint density at radius 3 is 2.30 bits per heavy atom. The zero-order valence-electron chi connectivity index (χ0n) is 15.4. The summed E-state index contributed by atoms with van der Waals surface area (Å²) in [5, 5.41) is 1.53. The highest BCUT2D eigenvalue weighted by atomic mass is 35.5. The van der Waals surface area contributed by atoms with E-state index in [-0.39, 0.29) is 11.6 Å². The molecule has 0 atom stereocenters. The predicted octanol–water partition coefficient (Wildman–Crippen LogP) is 6.57. The van der Waals surface area contributed by atoms with Crippen LogP contribution >= 0.6 is 34.8 Å². The van der Waals surface area contributed by atoms with E-state index in [0.29, 0.717) is 33.0 Å². The van der Waals surface area contributed by atoms with Crippen molar-refractivity contribution >= 4 is 52.7 Å². The number of rotatable bonds is 5. The van der Waals surface area contributed by atoms with E-state index in [1.807, 2.05) is 48.5 Å². The number of aliphatic imine (C=N–C) groups is 1. The van der Waals surface area contributed by atoms with Gasteiger partial charge in [-0.05, 0) is 59.7 Å². The molecule has 3 aromatic rings. The summed E-state index contributed by atoms with van der Waals surface area (Å²) < 4.78 is 11.0. The number of ether oxygens (including phenoxy) is 2. The molecule has 1 aliphatic rings. The first kappa shape index (κ1) is 20.5. The summed E-state index contributed by atoms with van der Waals surface area (Å²) in [6, 6.07) is 19.7. The third-order valence-corrected chi connectivity index (χ3v) is 5.08. The van der Waals surface area contributed by atoms with Crippen LogP contribution < -0.4 is 4.74 Å². The molecule has 30 heavy (non-hydrogen) atoms. The molecule has 0 aromatic heterocycles. The van der Waals surface area contributed by atoms with Gasteiger partial charge < -0.3 is 9.47 Å². The molecule has 0 radical (unpaired) electrons. The van der Waals surface area contributed by atoms with Crippen LogP contribution in [0.5, 0.6) is 5.75 Å². The Hall–Kier alpha value is -2.79. The Morgan fingerprint density at radius 1 is 0.900 bits per heavy atom. The van der Waals surface area contributed by atoms with Crippen LogP contribution in [0.2, 0.25) is 15.1 Å². The maximum Gasteiger partial charge on any atom is 0.363 e. The number of halogens is 3. The lowest BCUT2D eigenvalue weighted by molar-refractivity contribution is -0.129. The lowest BCUT2D eigenvalue weighted by Crippen LogP contribution is -2.05. The molecule has 3 aromatic carbocycles. The Balaban J connectivity index is 1.46. The van der Waals surface area contributed by atoms with E-state index >= 15 is 0 Å². The van der Waals surface area contributed by atoms with Gasteiger partial charge in [-0.2, -0.15) is 0 Å². The second kappa shape index (κ2) is 8.92. The van der Waals surface area contributed by atoms with E-state index in [0.717, 1.165) is 11.1 Å². The zero-order chi connectivity index (χ0) is 21.1. The number of cyclic esters (lactones) is 1. The van der Waals surface area contributed by atoms with Crippen molar-refractivity contribution < 1.29 is 14.3 Å². The van der Waals surface area contributed by atoms with E-state index < -0.39 is 5.97 Å². The van der Waals surface area contributed by atoms with E-state index in [1.165, 1.54) is 0 Å². The largest absolute Gasteiger partial charge is 0.489 e. The van der Waals surface area contributed by atoms with Crippen molar-refractivity contribution in [1.29, 1.82) is 0 Å². The Morgan fingerprint density at radius 2 is 1.60 bits per heavy atom. The monoisotopic (exact) mass is 457 g/mol. The third kappa shape index (κ3) is 4.85. The summed E-state index contributed by atoms with van der Waals surface area (Å²) in [7, 11) is 0. The molecule has 7 heteroatoms.